The lowest BCUT2D eigenvalue weighted by atomic mass is 10.2. The fourth-order valence-electron chi connectivity index (χ4n) is 1.87. The Morgan fingerprint density at radius 2 is 2.00 bits per heavy atom. The average Bonchev–Trinajstić information content (AvgIpc) is 3.04. The summed E-state index contributed by atoms with van der Waals surface area (Å²) < 4.78 is 6.71. The van der Waals surface area contributed by atoms with Gasteiger partial charge in [-0.05, 0) is 47.2 Å². The maximum absolute atomic E-state index is 8.92. The van der Waals surface area contributed by atoms with Gasteiger partial charge in [-0.15, -0.1) is 11.3 Å². The van der Waals surface area contributed by atoms with Crippen LogP contribution in [0.5, 0.6) is 0 Å². The van der Waals surface area contributed by atoms with Gasteiger partial charge in [-0.1, -0.05) is 0 Å². The molecule has 0 aliphatic rings. The van der Waals surface area contributed by atoms with E-state index < -0.39 is 0 Å². The van der Waals surface area contributed by atoms with Gasteiger partial charge >= 0.3 is 0 Å². The maximum Gasteiger partial charge on any atom is 0.129 e. The second-order valence-corrected chi connectivity index (χ2v) is 5.00. The van der Waals surface area contributed by atoms with Gasteiger partial charge in [0.25, 0.3) is 0 Å². The smallest absolute Gasteiger partial charge is 0.129 e. The Morgan fingerprint density at radius 3 is 2.83 bits per heavy atom. The van der Waals surface area contributed by atoms with E-state index >= 15 is 0 Å². The first-order chi connectivity index (χ1) is 8.85. The first-order valence-corrected chi connectivity index (χ1v) is 6.63. The topological polar surface area (TPSA) is 45.4 Å². The lowest BCUT2D eigenvalue weighted by Gasteiger charge is -2.04. The third-order valence-electron chi connectivity index (χ3n) is 2.79. The average molecular weight is 259 g/mol. The van der Waals surface area contributed by atoms with E-state index in [4.69, 9.17) is 9.52 Å². The Morgan fingerprint density at radius 1 is 1.11 bits per heavy atom. The highest BCUT2D eigenvalue weighted by Crippen LogP contribution is 2.24. The molecule has 0 saturated carbocycles. The van der Waals surface area contributed by atoms with Crippen LogP contribution in [0.3, 0.4) is 0 Å². The summed E-state index contributed by atoms with van der Waals surface area (Å²) in [4.78, 5) is 0. The van der Waals surface area contributed by atoms with E-state index in [0.717, 1.165) is 11.4 Å². The minimum absolute atomic E-state index is 0.0547. The first kappa shape index (κ1) is 11.3. The largest absolute Gasteiger partial charge is 0.462 e. The lowest BCUT2D eigenvalue weighted by Crippen LogP contribution is -1.97. The Kier molecular flexibility index (Phi) is 3.04. The van der Waals surface area contributed by atoms with Crippen LogP contribution in [-0.2, 0) is 13.2 Å². The molecule has 3 nitrogen and oxygen atoms in total. The number of anilines is 1. The van der Waals surface area contributed by atoms with Crippen molar-refractivity contribution in [2.24, 2.45) is 0 Å². The molecular formula is C14H13NO2S. The van der Waals surface area contributed by atoms with Crippen molar-refractivity contribution >= 4 is 27.1 Å². The zero-order valence-electron chi connectivity index (χ0n) is 9.72. The van der Waals surface area contributed by atoms with Gasteiger partial charge in [0.05, 0.1) is 6.54 Å². The summed E-state index contributed by atoms with van der Waals surface area (Å²) in [6, 6.07) is 12.1. The lowest BCUT2D eigenvalue weighted by molar-refractivity contribution is 0.244. The van der Waals surface area contributed by atoms with Crippen LogP contribution >= 0.6 is 11.3 Å². The molecule has 0 atom stereocenters. The van der Waals surface area contributed by atoms with E-state index in [-0.39, 0.29) is 6.61 Å². The molecule has 0 amide bonds. The zero-order chi connectivity index (χ0) is 12.4. The number of benzene rings is 1. The van der Waals surface area contributed by atoms with Crippen LogP contribution in [-0.4, -0.2) is 5.11 Å². The number of hydrogen-bond donors (Lipinski definition) is 2. The van der Waals surface area contributed by atoms with Crippen LogP contribution in [0.1, 0.15) is 11.5 Å². The van der Waals surface area contributed by atoms with Crippen molar-refractivity contribution in [3.8, 4) is 0 Å². The Hall–Kier alpha value is -1.78. The Labute approximate surface area is 109 Å². The van der Waals surface area contributed by atoms with Gasteiger partial charge in [0.2, 0.25) is 0 Å². The molecule has 18 heavy (non-hydrogen) atoms. The number of thiophene rings is 1. The van der Waals surface area contributed by atoms with Crippen LogP contribution in [0.15, 0.2) is 46.2 Å². The molecule has 3 rings (SSSR count). The number of aliphatic hydroxyl groups excluding tert-OH is 1. The fourth-order valence-corrected chi connectivity index (χ4v) is 2.64. The summed E-state index contributed by atoms with van der Waals surface area (Å²) in [6.07, 6.45) is 0. The van der Waals surface area contributed by atoms with Gasteiger partial charge in [-0.2, -0.15) is 0 Å². The summed E-state index contributed by atoms with van der Waals surface area (Å²) in [7, 11) is 0. The second kappa shape index (κ2) is 4.84. The third-order valence-corrected chi connectivity index (χ3v) is 3.69. The summed E-state index contributed by atoms with van der Waals surface area (Å²) in [5.41, 5.74) is 1.07. The molecule has 0 aliphatic carbocycles. The van der Waals surface area contributed by atoms with E-state index in [1.165, 1.54) is 10.1 Å². The van der Waals surface area contributed by atoms with Crippen LogP contribution < -0.4 is 5.32 Å². The summed E-state index contributed by atoms with van der Waals surface area (Å²) in [5, 5.41) is 15.6. The van der Waals surface area contributed by atoms with Crippen molar-refractivity contribution in [3.63, 3.8) is 0 Å². The van der Waals surface area contributed by atoms with Gasteiger partial charge in [0.15, 0.2) is 0 Å². The highest BCUT2D eigenvalue weighted by atomic mass is 32.1. The molecule has 2 N–H and O–H groups in total. The van der Waals surface area contributed by atoms with Crippen LogP contribution in [0.25, 0.3) is 10.1 Å². The molecule has 0 fully saturated rings. The van der Waals surface area contributed by atoms with E-state index in [2.05, 4.69) is 35.0 Å². The minimum atomic E-state index is -0.0547. The van der Waals surface area contributed by atoms with E-state index in [9.17, 15) is 0 Å². The number of hydrogen-bond acceptors (Lipinski definition) is 4. The quantitative estimate of drug-likeness (QED) is 0.752. The molecule has 0 unspecified atom stereocenters. The van der Waals surface area contributed by atoms with Gasteiger partial charge < -0.3 is 14.8 Å². The Bertz CT molecular complexity index is 656. The van der Waals surface area contributed by atoms with Crippen LogP contribution in [0.2, 0.25) is 0 Å². The molecule has 92 valence electrons. The fraction of sp³-hybridized carbons (Fsp3) is 0.143. The summed E-state index contributed by atoms with van der Waals surface area (Å²) in [6.45, 7) is 0.566. The molecule has 0 saturated heterocycles. The highest BCUT2D eigenvalue weighted by molar-refractivity contribution is 7.17. The third kappa shape index (κ3) is 2.25. The number of rotatable bonds is 4. The van der Waals surface area contributed by atoms with Crippen LogP contribution in [0, 0.1) is 0 Å². The van der Waals surface area contributed by atoms with Crippen molar-refractivity contribution < 1.29 is 9.52 Å². The van der Waals surface area contributed by atoms with Gasteiger partial charge in [0.1, 0.15) is 18.1 Å². The maximum atomic E-state index is 8.92. The van der Waals surface area contributed by atoms with Crippen molar-refractivity contribution in [1.82, 2.24) is 0 Å². The monoisotopic (exact) mass is 259 g/mol. The van der Waals surface area contributed by atoms with Crippen molar-refractivity contribution in [1.29, 1.82) is 0 Å². The molecule has 2 heterocycles. The Balaban J connectivity index is 1.72. The zero-order valence-corrected chi connectivity index (χ0v) is 10.5. The SMILES string of the molecule is OCc1ccc(CNc2ccc3sccc3c2)o1. The molecule has 1 aromatic carbocycles. The first-order valence-electron chi connectivity index (χ1n) is 5.75. The number of nitrogens with one attached hydrogen (secondary N) is 1. The summed E-state index contributed by atoms with van der Waals surface area (Å²) in [5.74, 6) is 1.42. The molecular weight excluding hydrogens is 246 g/mol. The standard InChI is InChI=1S/C14H13NO2S/c16-9-13-3-2-12(17-13)8-15-11-1-4-14-10(7-11)5-6-18-14/h1-7,15-16H,8-9H2. The van der Waals surface area contributed by atoms with E-state index in [1.54, 1.807) is 17.4 Å². The molecule has 3 aromatic rings. The van der Waals surface area contributed by atoms with Gasteiger partial charge in [-0.25, -0.2) is 0 Å². The molecule has 0 bridgehead atoms. The molecule has 0 radical (unpaired) electrons. The minimum Gasteiger partial charge on any atom is -0.462 e. The number of furan rings is 1. The number of fused-ring (bicyclic) bond motifs is 1. The summed E-state index contributed by atoms with van der Waals surface area (Å²) >= 11 is 1.74. The highest BCUT2D eigenvalue weighted by Gasteiger charge is 2.02. The molecule has 0 spiro atoms. The predicted molar refractivity (Wildman–Crippen MR) is 73.8 cm³/mol. The second-order valence-electron chi connectivity index (χ2n) is 4.05. The van der Waals surface area contributed by atoms with E-state index in [0.29, 0.717) is 12.3 Å². The predicted octanol–water partition coefficient (Wildman–Crippen LogP) is 3.60. The van der Waals surface area contributed by atoms with Crippen molar-refractivity contribution in [2.45, 2.75) is 13.2 Å². The van der Waals surface area contributed by atoms with E-state index in [1.807, 2.05) is 6.07 Å². The van der Waals surface area contributed by atoms with Crippen molar-refractivity contribution in [2.75, 3.05) is 5.32 Å². The van der Waals surface area contributed by atoms with Gasteiger partial charge in [0, 0.05) is 10.4 Å². The normalized spacial score (nSPS) is 10.9. The van der Waals surface area contributed by atoms with Gasteiger partial charge in [-0.3, -0.25) is 0 Å². The number of aliphatic hydroxyl groups is 1. The van der Waals surface area contributed by atoms with Crippen LogP contribution in [0.4, 0.5) is 5.69 Å². The van der Waals surface area contributed by atoms with Crippen molar-refractivity contribution in [3.05, 3.63) is 53.3 Å². The molecule has 2 aromatic heterocycles. The molecule has 0 aliphatic heterocycles. The molecule has 4 heteroatoms.